The molecular formula is C11H20N4S. The monoisotopic (exact) mass is 240 g/mol. The lowest BCUT2D eigenvalue weighted by Crippen LogP contribution is -2.45. The van der Waals surface area contributed by atoms with Crippen LogP contribution < -0.4 is 5.32 Å². The van der Waals surface area contributed by atoms with Gasteiger partial charge in [0, 0.05) is 30.5 Å². The Morgan fingerprint density at radius 2 is 2.50 bits per heavy atom. The summed E-state index contributed by atoms with van der Waals surface area (Å²) in [6.45, 7) is 2.36. The zero-order chi connectivity index (χ0) is 11.6. The normalized spacial score (nSPS) is 27.2. The number of aryl methyl sites for hydroxylation is 1. The zero-order valence-corrected chi connectivity index (χ0v) is 11.0. The summed E-state index contributed by atoms with van der Waals surface area (Å²) >= 11 is 2.09. The van der Waals surface area contributed by atoms with Crippen LogP contribution in [0.1, 0.15) is 25.5 Å². The van der Waals surface area contributed by atoms with Gasteiger partial charge in [-0.25, -0.2) is 0 Å². The lowest BCUT2D eigenvalue weighted by molar-refractivity contribution is 0.421. The number of likely N-dealkylation sites (N-methyl/N-ethyl adjacent to an activating group) is 1. The van der Waals surface area contributed by atoms with Crippen LogP contribution >= 0.6 is 11.8 Å². The summed E-state index contributed by atoms with van der Waals surface area (Å²) in [5.74, 6) is 1.29. The van der Waals surface area contributed by atoms with Gasteiger partial charge in [0.25, 0.3) is 0 Å². The van der Waals surface area contributed by atoms with Gasteiger partial charge in [0.05, 0.1) is 5.69 Å². The average molecular weight is 240 g/mol. The van der Waals surface area contributed by atoms with Gasteiger partial charge in [-0.1, -0.05) is 5.21 Å². The smallest absolute Gasteiger partial charge is 0.0843 e. The molecule has 1 aliphatic rings. The van der Waals surface area contributed by atoms with Crippen LogP contribution in [0, 0.1) is 0 Å². The fourth-order valence-corrected chi connectivity index (χ4v) is 3.84. The SMILES string of the molecule is CNC(Cc1cn(C)nn1)C1(C)CCCS1. The van der Waals surface area contributed by atoms with E-state index in [9.17, 15) is 0 Å². The molecule has 1 aromatic rings. The highest BCUT2D eigenvalue weighted by Crippen LogP contribution is 2.41. The molecule has 1 aliphatic heterocycles. The molecule has 1 fully saturated rings. The number of rotatable bonds is 4. The Morgan fingerprint density at radius 1 is 1.69 bits per heavy atom. The number of thioether (sulfide) groups is 1. The third kappa shape index (κ3) is 2.40. The fourth-order valence-electron chi connectivity index (χ4n) is 2.40. The maximum absolute atomic E-state index is 4.17. The molecule has 2 heterocycles. The average Bonchev–Trinajstić information content (AvgIpc) is 2.85. The molecule has 0 spiro atoms. The van der Waals surface area contributed by atoms with E-state index in [0.29, 0.717) is 10.8 Å². The van der Waals surface area contributed by atoms with Crippen LogP contribution in [-0.2, 0) is 13.5 Å². The van der Waals surface area contributed by atoms with Crippen molar-refractivity contribution < 1.29 is 0 Å². The van der Waals surface area contributed by atoms with Crippen molar-refractivity contribution in [2.24, 2.45) is 7.05 Å². The van der Waals surface area contributed by atoms with Gasteiger partial charge in [0.15, 0.2) is 0 Å². The van der Waals surface area contributed by atoms with Crippen LogP contribution in [0.25, 0.3) is 0 Å². The van der Waals surface area contributed by atoms with Gasteiger partial charge in [-0.05, 0) is 32.6 Å². The van der Waals surface area contributed by atoms with Crippen molar-refractivity contribution in [2.45, 2.75) is 37.0 Å². The number of hydrogen-bond donors (Lipinski definition) is 1. The van der Waals surface area contributed by atoms with Gasteiger partial charge < -0.3 is 5.32 Å². The first-order chi connectivity index (χ1) is 7.64. The van der Waals surface area contributed by atoms with Gasteiger partial charge >= 0.3 is 0 Å². The minimum Gasteiger partial charge on any atom is -0.315 e. The van der Waals surface area contributed by atoms with Gasteiger partial charge in [-0.15, -0.1) is 5.10 Å². The first-order valence-electron chi connectivity index (χ1n) is 5.80. The van der Waals surface area contributed by atoms with E-state index in [1.807, 2.05) is 20.3 Å². The third-order valence-corrected chi connectivity index (χ3v) is 5.04. The Labute approximate surface area is 101 Å². The standard InChI is InChI=1S/C11H20N4S/c1-11(5-4-6-16-11)10(12-2)7-9-8-15(3)14-13-9/h8,10,12H,4-7H2,1-3H3. The molecule has 2 unspecified atom stereocenters. The van der Waals surface area contributed by atoms with Crippen molar-refractivity contribution in [2.75, 3.05) is 12.8 Å². The Hall–Kier alpha value is -0.550. The quantitative estimate of drug-likeness (QED) is 0.859. The van der Waals surface area contributed by atoms with E-state index in [-0.39, 0.29) is 0 Å². The highest BCUT2D eigenvalue weighted by molar-refractivity contribution is 8.00. The maximum Gasteiger partial charge on any atom is 0.0843 e. The van der Waals surface area contributed by atoms with Crippen LogP contribution in [0.5, 0.6) is 0 Å². The molecule has 1 aromatic heterocycles. The largest absolute Gasteiger partial charge is 0.315 e. The van der Waals surface area contributed by atoms with E-state index in [2.05, 4.69) is 34.3 Å². The molecule has 0 aromatic carbocycles. The molecule has 1 saturated heterocycles. The lowest BCUT2D eigenvalue weighted by atomic mass is 9.93. The molecule has 90 valence electrons. The molecule has 2 rings (SSSR count). The van der Waals surface area contributed by atoms with Crippen molar-refractivity contribution in [1.29, 1.82) is 0 Å². The van der Waals surface area contributed by atoms with Crippen LogP contribution in [0.2, 0.25) is 0 Å². The van der Waals surface area contributed by atoms with Crippen molar-refractivity contribution in [3.63, 3.8) is 0 Å². The van der Waals surface area contributed by atoms with Gasteiger partial charge in [-0.2, -0.15) is 11.8 Å². The Morgan fingerprint density at radius 3 is 3.00 bits per heavy atom. The van der Waals surface area contributed by atoms with E-state index in [4.69, 9.17) is 0 Å². The summed E-state index contributed by atoms with van der Waals surface area (Å²) in [7, 11) is 3.96. The maximum atomic E-state index is 4.17. The zero-order valence-electron chi connectivity index (χ0n) is 10.2. The van der Waals surface area contributed by atoms with Gasteiger partial charge in [0.2, 0.25) is 0 Å². The van der Waals surface area contributed by atoms with Gasteiger partial charge in [0.1, 0.15) is 0 Å². The predicted octanol–water partition coefficient (Wildman–Crippen LogP) is 1.23. The van der Waals surface area contributed by atoms with Crippen LogP contribution in [0.15, 0.2) is 6.20 Å². The molecule has 2 atom stereocenters. The topological polar surface area (TPSA) is 42.7 Å². The number of nitrogens with zero attached hydrogens (tertiary/aromatic N) is 3. The number of aromatic nitrogens is 3. The van der Waals surface area contributed by atoms with E-state index in [1.54, 1.807) is 4.68 Å². The summed E-state index contributed by atoms with van der Waals surface area (Å²) < 4.78 is 2.12. The molecule has 4 nitrogen and oxygen atoms in total. The second kappa shape index (κ2) is 4.75. The molecule has 5 heteroatoms. The van der Waals surface area contributed by atoms with Gasteiger partial charge in [-0.3, -0.25) is 4.68 Å². The van der Waals surface area contributed by atoms with E-state index >= 15 is 0 Å². The number of hydrogen-bond acceptors (Lipinski definition) is 4. The highest BCUT2D eigenvalue weighted by atomic mass is 32.2. The Balaban J connectivity index is 2.05. The second-order valence-electron chi connectivity index (χ2n) is 4.69. The minimum atomic E-state index is 0.353. The molecule has 0 amide bonds. The van der Waals surface area contributed by atoms with E-state index in [0.717, 1.165) is 12.1 Å². The molecular weight excluding hydrogens is 220 g/mol. The second-order valence-corrected chi connectivity index (χ2v) is 6.32. The predicted molar refractivity (Wildman–Crippen MR) is 67.7 cm³/mol. The fraction of sp³-hybridized carbons (Fsp3) is 0.818. The molecule has 0 bridgehead atoms. The highest BCUT2D eigenvalue weighted by Gasteiger charge is 2.37. The molecule has 1 N–H and O–H groups in total. The summed E-state index contributed by atoms with van der Waals surface area (Å²) in [5, 5.41) is 11.6. The molecule has 0 radical (unpaired) electrons. The van der Waals surface area contributed by atoms with E-state index in [1.165, 1.54) is 18.6 Å². The summed E-state index contributed by atoms with van der Waals surface area (Å²) in [5.41, 5.74) is 1.08. The molecule has 0 saturated carbocycles. The summed E-state index contributed by atoms with van der Waals surface area (Å²) in [6.07, 6.45) is 5.60. The lowest BCUT2D eigenvalue weighted by Gasteiger charge is -2.32. The number of nitrogens with one attached hydrogen (secondary N) is 1. The summed E-state index contributed by atoms with van der Waals surface area (Å²) in [4.78, 5) is 0. The van der Waals surface area contributed by atoms with Crippen molar-refractivity contribution in [3.8, 4) is 0 Å². The summed E-state index contributed by atoms with van der Waals surface area (Å²) in [6, 6.07) is 0.483. The first kappa shape index (κ1) is 11.9. The molecule has 16 heavy (non-hydrogen) atoms. The minimum absolute atomic E-state index is 0.353. The van der Waals surface area contributed by atoms with Crippen molar-refractivity contribution in [1.82, 2.24) is 20.3 Å². The first-order valence-corrected chi connectivity index (χ1v) is 6.79. The van der Waals surface area contributed by atoms with Crippen LogP contribution in [-0.4, -0.2) is 38.6 Å². The Kier molecular flexibility index (Phi) is 3.54. The van der Waals surface area contributed by atoms with Crippen LogP contribution in [0.3, 0.4) is 0 Å². The van der Waals surface area contributed by atoms with Crippen molar-refractivity contribution in [3.05, 3.63) is 11.9 Å². The third-order valence-electron chi connectivity index (χ3n) is 3.40. The Bertz CT molecular complexity index is 344. The molecule has 0 aliphatic carbocycles. The van der Waals surface area contributed by atoms with Crippen LogP contribution in [0.4, 0.5) is 0 Å². The van der Waals surface area contributed by atoms with Crippen molar-refractivity contribution >= 4 is 11.8 Å². The van der Waals surface area contributed by atoms with E-state index < -0.39 is 0 Å².